The van der Waals surface area contributed by atoms with E-state index in [1.165, 1.54) is 39.1 Å². The molecule has 1 saturated carbocycles. The zero-order valence-electron chi connectivity index (χ0n) is 21.2. The van der Waals surface area contributed by atoms with Crippen LogP contribution in [0.15, 0.2) is 78.9 Å². The molecule has 2 atom stereocenters. The summed E-state index contributed by atoms with van der Waals surface area (Å²) in [5.41, 5.74) is 3.50. The van der Waals surface area contributed by atoms with Gasteiger partial charge in [-0.1, -0.05) is 74.9 Å². The van der Waals surface area contributed by atoms with Gasteiger partial charge in [0.15, 0.2) is 0 Å². The topological polar surface area (TPSA) is 26.3 Å². The lowest BCUT2D eigenvalue weighted by atomic mass is 9.75. The first-order chi connectivity index (χ1) is 17.0. The van der Waals surface area contributed by atoms with Crippen molar-refractivity contribution in [2.45, 2.75) is 59.0 Å². The SMILES string of the molecule is CCC(C)C1CCC(C(=O)OC(C)c2ccc3cc4ccc(-c5ccccc5)cc4cc3c2)CC1. The number of benzene rings is 4. The van der Waals surface area contributed by atoms with Crippen molar-refractivity contribution >= 4 is 27.5 Å². The molecule has 0 spiro atoms. The van der Waals surface area contributed by atoms with Gasteiger partial charge in [-0.2, -0.15) is 0 Å². The number of hydrogen-bond acceptors (Lipinski definition) is 2. The van der Waals surface area contributed by atoms with E-state index in [-0.39, 0.29) is 18.0 Å². The monoisotopic (exact) mass is 464 g/mol. The van der Waals surface area contributed by atoms with E-state index in [0.29, 0.717) is 0 Å². The smallest absolute Gasteiger partial charge is 0.309 e. The van der Waals surface area contributed by atoms with Crippen LogP contribution in [-0.2, 0) is 9.53 Å². The van der Waals surface area contributed by atoms with Crippen LogP contribution in [0.4, 0.5) is 0 Å². The number of carbonyl (C=O) groups excluding carboxylic acids is 1. The van der Waals surface area contributed by atoms with Crippen LogP contribution >= 0.6 is 0 Å². The van der Waals surface area contributed by atoms with Crippen LogP contribution < -0.4 is 0 Å². The van der Waals surface area contributed by atoms with Crippen LogP contribution in [0.25, 0.3) is 32.7 Å². The Balaban J connectivity index is 1.32. The van der Waals surface area contributed by atoms with Crippen LogP contribution in [0.1, 0.15) is 64.5 Å². The minimum absolute atomic E-state index is 0.0220. The van der Waals surface area contributed by atoms with Crippen molar-refractivity contribution in [2.75, 3.05) is 0 Å². The van der Waals surface area contributed by atoms with E-state index < -0.39 is 0 Å². The molecule has 4 aromatic carbocycles. The molecule has 2 nitrogen and oxygen atoms in total. The van der Waals surface area contributed by atoms with Crippen molar-refractivity contribution < 1.29 is 9.53 Å². The summed E-state index contributed by atoms with van der Waals surface area (Å²) in [5, 5.41) is 4.84. The molecule has 0 aliphatic heterocycles. The average Bonchev–Trinajstić information content (AvgIpc) is 2.91. The van der Waals surface area contributed by atoms with Gasteiger partial charge in [0, 0.05) is 0 Å². The predicted octanol–water partition coefficient (Wildman–Crippen LogP) is 9.12. The van der Waals surface area contributed by atoms with Gasteiger partial charge >= 0.3 is 5.97 Å². The molecule has 5 rings (SSSR count). The highest BCUT2D eigenvalue weighted by Crippen LogP contribution is 2.36. The van der Waals surface area contributed by atoms with Crippen molar-refractivity contribution in [2.24, 2.45) is 17.8 Å². The highest BCUT2D eigenvalue weighted by molar-refractivity contribution is 6.00. The first-order valence-electron chi connectivity index (χ1n) is 13.2. The van der Waals surface area contributed by atoms with E-state index >= 15 is 0 Å². The molecule has 2 heteroatoms. The largest absolute Gasteiger partial charge is 0.458 e. The Bertz CT molecular complexity index is 1320. The van der Waals surface area contributed by atoms with Crippen molar-refractivity contribution in [1.29, 1.82) is 0 Å². The number of hydrogen-bond donors (Lipinski definition) is 0. The lowest BCUT2D eigenvalue weighted by Gasteiger charge is -2.31. The first kappa shape index (κ1) is 23.6. The highest BCUT2D eigenvalue weighted by atomic mass is 16.5. The van der Waals surface area contributed by atoms with Crippen LogP contribution in [0, 0.1) is 17.8 Å². The molecule has 0 bridgehead atoms. The van der Waals surface area contributed by atoms with Crippen molar-refractivity contribution in [3.8, 4) is 11.1 Å². The summed E-state index contributed by atoms with van der Waals surface area (Å²) < 4.78 is 5.97. The van der Waals surface area contributed by atoms with Gasteiger partial charge in [-0.05, 0) is 107 Å². The molecule has 1 fully saturated rings. The van der Waals surface area contributed by atoms with Gasteiger partial charge in [0.1, 0.15) is 6.10 Å². The molecule has 4 aromatic rings. The maximum Gasteiger partial charge on any atom is 0.309 e. The molecule has 0 N–H and O–H groups in total. The normalized spacial score (nSPS) is 20.0. The van der Waals surface area contributed by atoms with E-state index in [2.05, 4.69) is 86.6 Å². The Kier molecular flexibility index (Phi) is 6.90. The molecule has 35 heavy (non-hydrogen) atoms. The fourth-order valence-electron chi connectivity index (χ4n) is 5.67. The number of carbonyl (C=O) groups is 1. The predicted molar refractivity (Wildman–Crippen MR) is 146 cm³/mol. The van der Waals surface area contributed by atoms with Gasteiger partial charge < -0.3 is 4.74 Å². The third-order valence-electron chi connectivity index (χ3n) is 8.24. The van der Waals surface area contributed by atoms with E-state index in [1.54, 1.807) is 0 Å². The van der Waals surface area contributed by atoms with Gasteiger partial charge in [0.2, 0.25) is 0 Å². The fourth-order valence-corrected chi connectivity index (χ4v) is 5.67. The number of ether oxygens (including phenoxy) is 1. The van der Waals surface area contributed by atoms with E-state index in [1.807, 2.05) is 13.0 Å². The maximum atomic E-state index is 12.9. The highest BCUT2D eigenvalue weighted by Gasteiger charge is 2.30. The summed E-state index contributed by atoms with van der Waals surface area (Å²) in [5.74, 6) is 1.55. The molecular weight excluding hydrogens is 428 g/mol. The standard InChI is InChI=1S/C33H36O2/c1-4-22(2)24-10-12-26(13-11-24)33(34)35-23(3)27-14-15-29-19-30-17-16-28(25-8-6-5-7-9-25)20-32(30)21-31(29)18-27/h5-9,14-24,26H,4,10-13H2,1-3H3. The lowest BCUT2D eigenvalue weighted by Crippen LogP contribution is -2.26. The van der Waals surface area contributed by atoms with Crippen LogP contribution in [0.2, 0.25) is 0 Å². The molecule has 0 amide bonds. The van der Waals surface area contributed by atoms with Crippen molar-refractivity contribution in [3.63, 3.8) is 0 Å². The molecular formula is C33H36O2. The molecule has 0 heterocycles. The van der Waals surface area contributed by atoms with Gasteiger partial charge in [-0.15, -0.1) is 0 Å². The summed E-state index contributed by atoms with van der Waals surface area (Å²) in [6.07, 6.45) is 5.21. The summed E-state index contributed by atoms with van der Waals surface area (Å²) in [4.78, 5) is 12.9. The minimum Gasteiger partial charge on any atom is -0.458 e. The molecule has 180 valence electrons. The summed E-state index contributed by atoms with van der Waals surface area (Å²) >= 11 is 0. The number of esters is 1. The van der Waals surface area contributed by atoms with Crippen molar-refractivity contribution in [1.82, 2.24) is 0 Å². The number of rotatable bonds is 6. The summed E-state index contributed by atoms with van der Waals surface area (Å²) in [7, 11) is 0. The maximum absolute atomic E-state index is 12.9. The first-order valence-corrected chi connectivity index (χ1v) is 13.2. The Labute approximate surface area is 209 Å². The Morgan fingerprint density at radius 2 is 1.43 bits per heavy atom. The Hall–Kier alpha value is -3.13. The number of fused-ring (bicyclic) bond motifs is 2. The average molecular weight is 465 g/mol. The van der Waals surface area contributed by atoms with Crippen LogP contribution in [0.3, 0.4) is 0 Å². The molecule has 0 radical (unpaired) electrons. The van der Waals surface area contributed by atoms with Gasteiger partial charge in [0.05, 0.1) is 5.92 Å². The molecule has 1 aliphatic rings. The van der Waals surface area contributed by atoms with Gasteiger partial charge in [0.25, 0.3) is 0 Å². The Morgan fingerprint density at radius 3 is 2.14 bits per heavy atom. The third kappa shape index (κ3) is 5.12. The third-order valence-corrected chi connectivity index (χ3v) is 8.24. The Morgan fingerprint density at radius 1 is 0.771 bits per heavy atom. The second kappa shape index (κ2) is 10.2. The minimum atomic E-state index is -0.245. The van der Waals surface area contributed by atoms with Crippen molar-refractivity contribution in [3.05, 3.63) is 84.4 Å². The molecule has 2 unspecified atom stereocenters. The molecule has 0 saturated heterocycles. The zero-order chi connectivity index (χ0) is 24.4. The molecule has 1 aliphatic carbocycles. The molecule has 0 aromatic heterocycles. The van der Waals surface area contributed by atoms with E-state index in [9.17, 15) is 4.79 Å². The van der Waals surface area contributed by atoms with Gasteiger partial charge in [-0.25, -0.2) is 0 Å². The van der Waals surface area contributed by atoms with E-state index in [4.69, 9.17) is 4.74 Å². The quantitative estimate of drug-likeness (QED) is 0.210. The van der Waals surface area contributed by atoms with Gasteiger partial charge in [-0.3, -0.25) is 4.79 Å². The second-order valence-electron chi connectivity index (χ2n) is 10.5. The summed E-state index contributed by atoms with van der Waals surface area (Å²) in [6.45, 7) is 6.61. The summed E-state index contributed by atoms with van der Waals surface area (Å²) in [6, 6.07) is 28.1. The lowest BCUT2D eigenvalue weighted by molar-refractivity contribution is -0.155. The second-order valence-corrected chi connectivity index (χ2v) is 10.5. The van der Waals surface area contributed by atoms with Crippen LogP contribution in [0.5, 0.6) is 0 Å². The fraction of sp³-hybridized carbons (Fsp3) is 0.364. The zero-order valence-corrected chi connectivity index (χ0v) is 21.2. The van der Waals surface area contributed by atoms with Crippen LogP contribution in [-0.4, -0.2) is 5.97 Å². The van der Waals surface area contributed by atoms with E-state index in [0.717, 1.165) is 43.1 Å².